The molecule has 2 aromatic rings. The highest BCUT2D eigenvalue weighted by molar-refractivity contribution is 5.79. The molecular formula is C18H22N2O2. The summed E-state index contributed by atoms with van der Waals surface area (Å²) in [7, 11) is 0. The van der Waals surface area contributed by atoms with E-state index in [0.717, 1.165) is 17.8 Å². The first kappa shape index (κ1) is 14.1. The molecule has 3 heterocycles. The molecule has 22 heavy (non-hydrogen) atoms. The summed E-state index contributed by atoms with van der Waals surface area (Å²) in [5, 5.41) is 1.22. The quantitative estimate of drug-likeness (QED) is 0.850. The van der Waals surface area contributed by atoms with Crippen molar-refractivity contribution >= 4 is 10.9 Å². The van der Waals surface area contributed by atoms with E-state index in [1.807, 2.05) is 0 Å². The van der Waals surface area contributed by atoms with E-state index in [-0.39, 0.29) is 6.10 Å². The fourth-order valence-corrected chi connectivity index (χ4v) is 3.11. The van der Waals surface area contributed by atoms with Crippen molar-refractivity contribution in [2.24, 2.45) is 0 Å². The van der Waals surface area contributed by atoms with Crippen LogP contribution in [0.2, 0.25) is 0 Å². The number of pyridine rings is 1. The zero-order valence-corrected chi connectivity index (χ0v) is 12.8. The fraction of sp³-hybridized carbons (Fsp3) is 0.500. The van der Waals surface area contributed by atoms with Gasteiger partial charge >= 0.3 is 0 Å². The van der Waals surface area contributed by atoms with E-state index in [1.165, 1.54) is 36.9 Å². The molecule has 0 unspecified atom stereocenters. The summed E-state index contributed by atoms with van der Waals surface area (Å²) in [6, 6.07) is 10.8. The maximum absolute atomic E-state index is 5.73. The molecule has 4 nitrogen and oxygen atoms in total. The van der Waals surface area contributed by atoms with E-state index < -0.39 is 0 Å². The summed E-state index contributed by atoms with van der Waals surface area (Å²) < 4.78 is 10.8. The lowest BCUT2D eigenvalue weighted by atomic mass is 10.1. The molecule has 0 saturated carbocycles. The number of nitrogens with zero attached hydrogens (tertiary/aromatic N) is 2. The largest absolute Gasteiger partial charge is 0.376 e. The third-order valence-corrected chi connectivity index (χ3v) is 4.49. The Morgan fingerprint density at radius 3 is 2.77 bits per heavy atom. The van der Waals surface area contributed by atoms with E-state index in [9.17, 15) is 0 Å². The number of ether oxygens (including phenoxy) is 2. The summed E-state index contributed by atoms with van der Waals surface area (Å²) in [6.45, 7) is 5.53. The van der Waals surface area contributed by atoms with Crippen LogP contribution in [0.3, 0.4) is 0 Å². The van der Waals surface area contributed by atoms with Crippen LogP contribution < -0.4 is 0 Å². The average Bonchev–Trinajstić information content (AvgIpc) is 2.99. The SMILES string of the molecule is c1cc2nc(COC3COC3)ccc2cc1CN1CCCC1. The lowest BCUT2D eigenvalue weighted by Gasteiger charge is -2.25. The van der Waals surface area contributed by atoms with Gasteiger partial charge < -0.3 is 9.47 Å². The van der Waals surface area contributed by atoms with Gasteiger partial charge in [0, 0.05) is 11.9 Å². The molecule has 2 aliphatic heterocycles. The first-order valence-electron chi connectivity index (χ1n) is 8.17. The predicted molar refractivity (Wildman–Crippen MR) is 85.7 cm³/mol. The molecule has 0 spiro atoms. The van der Waals surface area contributed by atoms with Crippen molar-refractivity contribution in [3.05, 3.63) is 41.6 Å². The minimum atomic E-state index is 0.250. The second kappa shape index (κ2) is 6.32. The van der Waals surface area contributed by atoms with Crippen molar-refractivity contribution in [3.8, 4) is 0 Å². The predicted octanol–water partition coefficient (Wildman–Crippen LogP) is 2.75. The second-order valence-corrected chi connectivity index (χ2v) is 6.28. The summed E-state index contributed by atoms with van der Waals surface area (Å²) >= 11 is 0. The van der Waals surface area contributed by atoms with Gasteiger partial charge in [0.25, 0.3) is 0 Å². The van der Waals surface area contributed by atoms with E-state index >= 15 is 0 Å². The van der Waals surface area contributed by atoms with Crippen molar-refractivity contribution in [2.45, 2.75) is 32.1 Å². The molecule has 116 valence electrons. The van der Waals surface area contributed by atoms with Crippen LogP contribution in [-0.2, 0) is 22.6 Å². The topological polar surface area (TPSA) is 34.6 Å². The molecule has 4 rings (SSSR count). The van der Waals surface area contributed by atoms with Gasteiger partial charge in [-0.3, -0.25) is 9.88 Å². The summed E-state index contributed by atoms with van der Waals surface area (Å²) in [5.41, 5.74) is 3.43. The Labute approximate surface area is 131 Å². The van der Waals surface area contributed by atoms with Gasteiger partial charge in [-0.1, -0.05) is 12.1 Å². The van der Waals surface area contributed by atoms with Gasteiger partial charge in [-0.15, -0.1) is 0 Å². The number of benzene rings is 1. The Bertz CT molecular complexity index is 649. The number of likely N-dealkylation sites (tertiary alicyclic amines) is 1. The average molecular weight is 298 g/mol. The van der Waals surface area contributed by atoms with Crippen molar-refractivity contribution in [1.29, 1.82) is 0 Å². The van der Waals surface area contributed by atoms with Gasteiger partial charge in [0.15, 0.2) is 0 Å². The fourth-order valence-electron chi connectivity index (χ4n) is 3.11. The van der Waals surface area contributed by atoms with Gasteiger partial charge in [0.05, 0.1) is 31.0 Å². The van der Waals surface area contributed by atoms with Gasteiger partial charge in [-0.25, -0.2) is 0 Å². The van der Waals surface area contributed by atoms with Crippen LogP contribution in [-0.4, -0.2) is 42.3 Å². The van der Waals surface area contributed by atoms with Crippen LogP contribution in [0.5, 0.6) is 0 Å². The molecule has 4 heteroatoms. The minimum absolute atomic E-state index is 0.250. The van der Waals surface area contributed by atoms with E-state index in [2.05, 4.69) is 35.2 Å². The number of rotatable bonds is 5. The van der Waals surface area contributed by atoms with Gasteiger partial charge in [-0.05, 0) is 49.7 Å². The first-order chi connectivity index (χ1) is 10.9. The number of hydrogen-bond acceptors (Lipinski definition) is 4. The van der Waals surface area contributed by atoms with Crippen molar-refractivity contribution in [3.63, 3.8) is 0 Å². The Kier molecular flexibility index (Phi) is 4.06. The van der Waals surface area contributed by atoms with Crippen molar-refractivity contribution < 1.29 is 9.47 Å². The lowest BCUT2D eigenvalue weighted by molar-refractivity contribution is -0.135. The molecule has 0 N–H and O–H groups in total. The third-order valence-electron chi connectivity index (χ3n) is 4.49. The van der Waals surface area contributed by atoms with E-state index in [0.29, 0.717) is 19.8 Å². The maximum Gasteiger partial charge on any atom is 0.105 e. The van der Waals surface area contributed by atoms with Gasteiger partial charge in [0.1, 0.15) is 6.10 Å². The van der Waals surface area contributed by atoms with Crippen LogP contribution >= 0.6 is 0 Å². The molecule has 2 fully saturated rings. The Morgan fingerprint density at radius 2 is 2.00 bits per heavy atom. The summed E-state index contributed by atoms with van der Waals surface area (Å²) in [5.74, 6) is 0. The van der Waals surface area contributed by atoms with Gasteiger partial charge in [0.2, 0.25) is 0 Å². The highest BCUT2D eigenvalue weighted by Crippen LogP contribution is 2.19. The Balaban J connectivity index is 1.45. The molecule has 0 aliphatic carbocycles. The van der Waals surface area contributed by atoms with Crippen LogP contribution in [0.1, 0.15) is 24.1 Å². The molecule has 1 aromatic heterocycles. The number of aromatic nitrogens is 1. The Hall–Kier alpha value is -1.49. The number of fused-ring (bicyclic) bond motifs is 1. The lowest BCUT2D eigenvalue weighted by Crippen LogP contribution is -2.35. The second-order valence-electron chi connectivity index (χ2n) is 6.28. The molecule has 1 aromatic carbocycles. The summed E-state index contributed by atoms with van der Waals surface area (Å²) in [6.07, 6.45) is 2.93. The zero-order valence-electron chi connectivity index (χ0n) is 12.8. The molecule has 0 radical (unpaired) electrons. The Morgan fingerprint density at radius 1 is 1.14 bits per heavy atom. The van der Waals surface area contributed by atoms with Crippen molar-refractivity contribution in [2.75, 3.05) is 26.3 Å². The highest BCUT2D eigenvalue weighted by Gasteiger charge is 2.18. The highest BCUT2D eigenvalue weighted by atomic mass is 16.6. The van der Waals surface area contributed by atoms with Gasteiger partial charge in [-0.2, -0.15) is 0 Å². The number of hydrogen-bond donors (Lipinski definition) is 0. The van der Waals surface area contributed by atoms with Crippen LogP contribution in [0, 0.1) is 0 Å². The molecular weight excluding hydrogens is 276 g/mol. The molecule has 2 saturated heterocycles. The maximum atomic E-state index is 5.73. The van der Waals surface area contributed by atoms with E-state index in [4.69, 9.17) is 14.5 Å². The van der Waals surface area contributed by atoms with Crippen LogP contribution in [0.25, 0.3) is 10.9 Å². The standard InChI is InChI=1S/C18H22N2O2/c1-2-8-20(7-1)10-14-3-6-18-15(9-14)4-5-16(19-18)11-22-17-12-21-13-17/h3-6,9,17H,1-2,7-8,10-13H2. The van der Waals surface area contributed by atoms with E-state index in [1.54, 1.807) is 0 Å². The normalized spacial score (nSPS) is 19.6. The molecule has 0 amide bonds. The molecule has 0 bridgehead atoms. The smallest absolute Gasteiger partial charge is 0.105 e. The van der Waals surface area contributed by atoms with Crippen LogP contribution in [0.15, 0.2) is 30.3 Å². The monoisotopic (exact) mass is 298 g/mol. The third kappa shape index (κ3) is 3.14. The first-order valence-corrected chi connectivity index (χ1v) is 8.17. The zero-order chi connectivity index (χ0) is 14.8. The minimum Gasteiger partial charge on any atom is -0.376 e. The molecule has 2 aliphatic rings. The molecule has 0 atom stereocenters. The van der Waals surface area contributed by atoms with Crippen LogP contribution in [0.4, 0.5) is 0 Å². The van der Waals surface area contributed by atoms with Crippen molar-refractivity contribution in [1.82, 2.24) is 9.88 Å². The summed E-state index contributed by atoms with van der Waals surface area (Å²) in [4.78, 5) is 7.22.